The number of amides is 2. The third kappa shape index (κ3) is 4.00. The third-order valence-corrected chi connectivity index (χ3v) is 4.21. The first-order chi connectivity index (χ1) is 11.5. The SMILES string of the molecule is Cc1cn2ccc(NC(=O)NCC3CCCN3CC(F)F)cc2n1. The van der Waals surface area contributed by atoms with Gasteiger partial charge in [0.15, 0.2) is 0 Å². The van der Waals surface area contributed by atoms with Crippen LogP contribution in [0.1, 0.15) is 18.5 Å². The number of rotatable bonds is 5. The van der Waals surface area contributed by atoms with Crippen LogP contribution in [0.3, 0.4) is 0 Å². The molecule has 2 amide bonds. The second kappa shape index (κ2) is 7.12. The summed E-state index contributed by atoms with van der Waals surface area (Å²) in [6.45, 7) is 2.70. The molecule has 2 aromatic heterocycles. The summed E-state index contributed by atoms with van der Waals surface area (Å²) in [6.07, 6.45) is 3.09. The molecule has 1 aliphatic rings. The van der Waals surface area contributed by atoms with Gasteiger partial charge < -0.3 is 15.0 Å². The fourth-order valence-electron chi connectivity index (χ4n) is 3.12. The largest absolute Gasteiger partial charge is 0.336 e. The predicted molar refractivity (Wildman–Crippen MR) is 87.5 cm³/mol. The lowest BCUT2D eigenvalue weighted by Gasteiger charge is -2.24. The Labute approximate surface area is 138 Å². The number of nitrogens with zero attached hydrogens (tertiary/aromatic N) is 3. The fourth-order valence-corrected chi connectivity index (χ4v) is 3.12. The molecule has 0 radical (unpaired) electrons. The number of hydrogen-bond donors (Lipinski definition) is 2. The number of aromatic nitrogens is 2. The Morgan fingerprint density at radius 3 is 3.12 bits per heavy atom. The van der Waals surface area contributed by atoms with Crippen LogP contribution in [0.15, 0.2) is 24.5 Å². The van der Waals surface area contributed by atoms with Gasteiger partial charge in [-0.25, -0.2) is 18.6 Å². The Balaban J connectivity index is 1.53. The Kier molecular flexibility index (Phi) is 4.94. The monoisotopic (exact) mass is 337 g/mol. The lowest BCUT2D eigenvalue weighted by molar-refractivity contribution is 0.0826. The summed E-state index contributed by atoms with van der Waals surface area (Å²) in [6, 6.07) is 3.20. The van der Waals surface area contributed by atoms with Crippen molar-refractivity contribution in [2.75, 3.05) is 25.0 Å². The minimum atomic E-state index is -2.34. The number of anilines is 1. The van der Waals surface area contributed by atoms with E-state index in [2.05, 4.69) is 15.6 Å². The van der Waals surface area contributed by atoms with Crippen LogP contribution in [-0.4, -0.2) is 52.4 Å². The number of carbonyl (C=O) groups is 1. The number of fused-ring (bicyclic) bond motifs is 1. The third-order valence-electron chi connectivity index (χ3n) is 4.21. The molecule has 8 heteroatoms. The maximum atomic E-state index is 12.5. The molecule has 2 N–H and O–H groups in total. The summed E-state index contributed by atoms with van der Waals surface area (Å²) in [7, 11) is 0. The number of nitrogens with one attached hydrogen (secondary N) is 2. The highest BCUT2D eigenvalue weighted by atomic mass is 19.3. The molecule has 3 heterocycles. The summed E-state index contributed by atoms with van der Waals surface area (Å²) in [5.74, 6) is 0. The van der Waals surface area contributed by atoms with Gasteiger partial charge in [-0.1, -0.05) is 0 Å². The highest BCUT2D eigenvalue weighted by Gasteiger charge is 2.26. The molecule has 0 bridgehead atoms. The smallest absolute Gasteiger partial charge is 0.319 e. The van der Waals surface area contributed by atoms with Crippen LogP contribution in [0.25, 0.3) is 5.65 Å². The van der Waals surface area contributed by atoms with Crippen LogP contribution in [0.5, 0.6) is 0 Å². The molecule has 0 spiro atoms. The molecule has 3 rings (SSSR count). The van der Waals surface area contributed by atoms with Crippen LogP contribution in [-0.2, 0) is 0 Å². The number of urea groups is 1. The van der Waals surface area contributed by atoms with Crippen molar-refractivity contribution in [3.05, 3.63) is 30.2 Å². The van der Waals surface area contributed by atoms with E-state index in [0.717, 1.165) is 24.2 Å². The summed E-state index contributed by atoms with van der Waals surface area (Å²) in [5, 5.41) is 5.52. The molecule has 0 aliphatic carbocycles. The zero-order valence-corrected chi connectivity index (χ0v) is 13.5. The number of imidazole rings is 1. The van der Waals surface area contributed by atoms with E-state index >= 15 is 0 Å². The molecular weight excluding hydrogens is 316 g/mol. The first kappa shape index (κ1) is 16.6. The van der Waals surface area contributed by atoms with E-state index in [1.807, 2.05) is 23.7 Å². The summed E-state index contributed by atoms with van der Waals surface area (Å²) >= 11 is 0. The molecule has 1 fully saturated rings. The molecule has 0 aromatic carbocycles. The van der Waals surface area contributed by atoms with Crippen LogP contribution < -0.4 is 10.6 Å². The van der Waals surface area contributed by atoms with Gasteiger partial charge in [0.05, 0.1) is 12.2 Å². The van der Waals surface area contributed by atoms with Crippen LogP contribution in [0, 0.1) is 6.92 Å². The topological polar surface area (TPSA) is 61.7 Å². The van der Waals surface area contributed by atoms with E-state index in [4.69, 9.17) is 0 Å². The van der Waals surface area contributed by atoms with Crippen molar-refractivity contribution >= 4 is 17.4 Å². The highest BCUT2D eigenvalue weighted by molar-refractivity contribution is 5.89. The fraction of sp³-hybridized carbons (Fsp3) is 0.500. The number of hydrogen-bond acceptors (Lipinski definition) is 3. The van der Waals surface area contributed by atoms with Crippen molar-refractivity contribution in [1.29, 1.82) is 0 Å². The van der Waals surface area contributed by atoms with Gasteiger partial charge in [-0.15, -0.1) is 0 Å². The number of alkyl halides is 2. The standard InChI is InChI=1S/C16H21F2N5O/c1-11-9-23-6-4-12(7-15(23)20-11)21-16(24)19-8-13-3-2-5-22(13)10-14(17)18/h4,6-7,9,13-14H,2-3,5,8,10H2,1H3,(H2,19,21,24). The van der Waals surface area contributed by atoms with Crippen LogP contribution >= 0.6 is 0 Å². The van der Waals surface area contributed by atoms with Gasteiger partial charge in [0, 0.05) is 36.7 Å². The van der Waals surface area contributed by atoms with E-state index in [-0.39, 0.29) is 18.6 Å². The molecule has 1 atom stereocenters. The Morgan fingerprint density at radius 1 is 1.50 bits per heavy atom. The summed E-state index contributed by atoms with van der Waals surface area (Å²) < 4.78 is 26.9. The van der Waals surface area contributed by atoms with Crippen molar-refractivity contribution < 1.29 is 13.6 Å². The minimum absolute atomic E-state index is 0.0258. The Hall–Kier alpha value is -2.22. The van der Waals surface area contributed by atoms with E-state index in [9.17, 15) is 13.6 Å². The molecule has 1 aliphatic heterocycles. The second-order valence-corrected chi connectivity index (χ2v) is 6.08. The van der Waals surface area contributed by atoms with Gasteiger partial charge in [0.25, 0.3) is 6.43 Å². The number of halogens is 2. The maximum absolute atomic E-state index is 12.5. The van der Waals surface area contributed by atoms with E-state index < -0.39 is 6.43 Å². The van der Waals surface area contributed by atoms with Crippen LogP contribution in [0.2, 0.25) is 0 Å². The maximum Gasteiger partial charge on any atom is 0.319 e. The van der Waals surface area contributed by atoms with E-state index in [1.165, 1.54) is 0 Å². The molecule has 1 unspecified atom stereocenters. The highest BCUT2D eigenvalue weighted by Crippen LogP contribution is 2.18. The number of likely N-dealkylation sites (tertiary alicyclic amines) is 1. The first-order valence-electron chi connectivity index (χ1n) is 8.03. The molecule has 6 nitrogen and oxygen atoms in total. The average Bonchev–Trinajstić information content (AvgIpc) is 3.09. The zero-order chi connectivity index (χ0) is 17.1. The van der Waals surface area contributed by atoms with Gasteiger partial charge in [-0.3, -0.25) is 4.90 Å². The lowest BCUT2D eigenvalue weighted by Crippen LogP contribution is -2.43. The van der Waals surface area contributed by atoms with Gasteiger partial charge >= 0.3 is 6.03 Å². The number of pyridine rings is 1. The normalized spacial score (nSPS) is 18.4. The molecular formula is C16H21F2N5O. The van der Waals surface area contributed by atoms with E-state index in [0.29, 0.717) is 18.8 Å². The molecule has 1 saturated heterocycles. The number of aryl methyl sites for hydroxylation is 1. The van der Waals surface area contributed by atoms with Crippen molar-refractivity contribution in [3.8, 4) is 0 Å². The summed E-state index contributed by atoms with van der Waals surface area (Å²) in [4.78, 5) is 18.1. The van der Waals surface area contributed by atoms with Gasteiger partial charge in [0.2, 0.25) is 0 Å². The minimum Gasteiger partial charge on any atom is -0.336 e. The quantitative estimate of drug-likeness (QED) is 0.881. The van der Waals surface area contributed by atoms with Crippen molar-refractivity contribution in [1.82, 2.24) is 19.6 Å². The van der Waals surface area contributed by atoms with Crippen molar-refractivity contribution in [3.63, 3.8) is 0 Å². The lowest BCUT2D eigenvalue weighted by atomic mass is 10.2. The molecule has 0 saturated carbocycles. The second-order valence-electron chi connectivity index (χ2n) is 6.08. The van der Waals surface area contributed by atoms with Gasteiger partial charge in [0.1, 0.15) is 5.65 Å². The summed E-state index contributed by atoms with van der Waals surface area (Å²) in [5.41, 5.74) is 2.29. The molecule has 24 heavy (non-hydrogen) atoms. The molecule has 130 valence electrons. The number of carbonyl (C=O) groups excluding carboxylic acids is 1. The van der Waals surface area contributed by atoms with Crippen molar-refractivity contribution in [2.24, 2.45) is 0 Å². The zero-order valence-electron chi connectivity index (χ0n) is 13.5. The van der Waals surface area contributed by atoms with Gasteiger partial charge in [-0.05, 0) is 32.4 Å². The van der Waals surface area contributed by atoms with E-state index in [1.54, 1.807) is 17.0 Å². The first-order valence-corrected chi connectivity index (χ1v) is 8.03. The van der Waals surface area contributed by atoms with Gasteiger partial charge in [-0.2, -0.15) is 0 Å². The van der Waals surface area contributed by atoms with Crippen molar-refractivity contribution in [2.45, 2.75) is 32.2 Å². The molecule has 2 aromatic rings. The Bertz CT molecular complexity index is 718. The predicted octanol–water partition coefficient (Wildman–Crippen LogP) is 2.49. The van der Waals surface area contributed by atoms with Crippen LogP contribution in [0.4, 0.5) is 19.3 Å². The average molecular weight is 337 g/mol. The Morgan fingerprint density at radius 2 is 2.33 bits per heavy atom.